The van der Waals surface area contributed by atoms with Crippen molar-refractivity contribution in [3.63, 3.8) is 0 Å². The van der Waals surface area contributed by atoms with Gasteiger partial charge in [-0.05, 0) is 24.3 Å². The minimum absolute atomic E-state index is 0.156. The number of aromatic nitrogens is 1. The van der Waals surface area contributed by atoms with Crippen LogP contribution in [-0.4, -0.2) is 11.0 Å². The molecule has 0 aliphatic carbocycles. The van der Waals surface area contributed by atoms with Crippen molar-refractivity contribution in [3.8, 4) is 21.8 Å². The summed E-state index contributed by atoms with van der Waals surface area (Å²) >= 11 is 10.7. The van der Waals surface area contributed by atoms with Gasteiger partial charge in [-0.1, -0.05) is 51.8 Å². The summed E-state index contributed by atoms with van der Waals surface area (Å²) in [5.41, 5.74) is 2.46. The highest BCUT2D eigenvalue weighted by Crippen LogP contribution is 2.35. The number of hydrogen-bond acceptors (Lipinski definition) is 4. The average molecular weight is 408 g/mol. The van der Waals surface area contributed by atoms with E-state index < -0.39 is 5.97 Å². The van der Waals surface area contributed by atoms with Crippen molar-refractivity contribution in [2.24, 2.45) is 0 Å². The Bertz CT molecular complexity index is 844. The molecular formula is C17H10BrClNO2S-. The zero-order valence-electron chi connectivity index (χ0n) is 11.8. The number of carbonyl (C=O) groups is 1. The molecule has 1 aromatic heterocycles. The summed E-state index contributed by atoms with van der Waals surface area (Å²) in [5.74, 6) is -1.12. The van der Waals surface area contributed by atoms with E-state index in [1.54, 1.807) is 12.1 Å². The number of thiazole rings is 1. The summed E-state index contributed by atoms with van der Waals surface area (Å²) in [5, 5.41) is 12.4. The van der Waals surface area contributed by atoms with Gasteiger partial charge < -0.3 is 9.90 Å². The van der Waals surface area contributed by atoms with Gasteiger partial charge in [0.05, 0.1) is 5.69 Å². The first-order valence-corrected chi connectivity index (χ1v) is 8.73. The summed E-state index contributed by atoms with van der Waals surface area (Å²) in [6.45, 7) is 0. The lowest BCUT2D eigenvalue weighted by Gasteiger charge is -2.03. The van der Waals surface area contributed by atoms with Crippen molar-refractivity contribution in [1.29, 1.82) is 0 Å². The van der Waals surface area contributed by atoms with Gasteiger partial charge in [0.25, 0.3) is 0 Å². The van der Waals surface area contributed by atoms with Crippen molar-refractivity contribution < 1.29 is 9.90 Å². The van der Waals surface area contributed by atoms with Crippen LogP contribution in [0.15, 0.2) is 53.0 Å². The van der Waals surface area contributed by atoms with E-state index in [4.69, 9.17) is 11.6 Å². The predicted molar refractivity (Wildman–Crippen MR) is 94.4 cm³/mol. The van der Waals surface area contributed by atoms with E-state index in [1.807, 2.05) is 36.4 Å². The lowest BCUT2D eigenvalue weighted by molar-refractivity contribution is -0.304. The number of rotatable bonds is 4. The maximum absolute atomic E-state index is 11.0. The summed E-state index contributed by atoms with van der Waals surface area (Å²) in [6, 6.07) is 14.9. The van der Waals surface area contributed by atoms with Crippen molar-refractivity contribution >= 4 is 44.8 Å². The molecule has 3 nitrogen and oxygen atoms in total. The molecule has 23 heavy (non-hydrogen) atoms. The SMILES string of the molecule is O=C([O-])Cc1sc(-c2ccc(Cl)cc2)nc1-c1ccc(Br)cc1. The third kappa shape index (κ3) is 3.80. The van der Waals surface area contributed by atoms with Crippen LogP contribution in [0.25, 0.3) is 21.8 Å². The smallest absolute Gasteiger partial charge is 0.124 e. The molecule has 0 saturated carbocycles. The number of carboxylic acid groups (broad SMARTS) is 1. The highest BCUT2D eigenvalue weighted by atomic mass is 79.9. The summed E-state index contributed by atoms with van der Waals surface area (Å²) in [6.07, 6.45) is -0.156. The largest absolute Gasteiger partial charge is 0.550 e. The van der Waals surface area contributed by atoms with Crippen LogP contribution in [-0.2, 0) is 11.2 Å². The average Bonchev–Trinajstić information content (AvgIpc) is 2.92. The molecule has 0 aliphatic heterocycles. The van der Waals surface area contributed by atoms with E-state index in [-0.39, 0.29) is 6.42 Å². The Balaban J connectivity index is 2.08. The molecule has 0 fully saturated rings. The second-order valence-electron chi connectivity index (χ2n) is 4.85. The van der Waals surface area contributed by atoms with E-state index >= 15 is 0 Å². The highest BCUT2D eigenvalue weighted by Gasteiger charge is 2.14. The fourth-order valence-corrected chi connectivity index (χ4v) is 3.62. The molecule has 0 atom stereocenters. The first-order valence-electron chi connectivity index (χ1n) is 6.74. The molecule has 2 aromatic carbocycles. The number of hydrogen-bond donors (Lipinski definition) is 0. The Kier molecular flexibility index (Phi) is 4.80. The number of carboxylic acids is 1. The Morgan fingerprint density at radius 1 is 1.09 bits per heavy atom. The Morgan fingerprint density at radius 2 is 1.70 bits per heavy atom. The number of carbonyl (C=O) groups excluding carboxylic acids is 1. The Morgan fingerprint density at radius 3 is 2.30 bits per heavy atom. The quantitative estimate of drug-likeness (QED) is 0.652. The van der Waals surface area contributed by atoms with Crippen LogP contribution in [0, 0.1) is 0 Å². The molecular weight excluding hydrogens is 398 g/mol. The van der Waals surface area contributed by atoms with Gasteiger partial charge in [0.2, 0.25) is 0 Å². The molecule has 0 saturated heterocycles. The van der Waals surface area contributed by atoms with E-state index in [9.17, 15) is 9.90 Å². The molecule has 3 rings (SSSR count). The highest BCUT2D eigenvalue weighted by molar-refractivity contribution is 9.10. The second kappa shape index (κ2) is 6.83. The maximum Gasteiger partial charge on any atom is 0.124 e. The summed E-state index contributed by atoms with van der Waals surface area (Å²) < 4.78 is 0.954. The number of halogens is 2. The van der Waals surface area contributed by atoms with Crippen LogP contribution >= 0.6 is 38.9 Å². The molecule has 0 spiro atoms. The first kappa shape index (κ1) is 16.2. The van der Waals surface area contributed by atoms with E-state index in [0.717, 1.165) is 20.6 Å². The number of nitrogens with zero attached hydrogens (tertiary/aromatic N) is 1. The van der Waals surface area contributed by atoms with Gasteiger partial charge in [0, 0.05) is 37.9 Å². The van der Waals surface area contributed by atoms with Crippen molar-refractivity contribution in [2.75, 3.05) is 0 Å². The van der Waals surface area contributed by atoms with Gasteiger partial charge in [-0.25, -0.2) is 4.98 Å². The van der Waals surface area contributed by atoms with E-state index in [2.05, 4.69) is 20.9 Å². The molecule has 0 bridgehead atoms. The fourth-order valence-electron chi connectivity index (χ4n) is 2.15. The molecule has 116 valence electrons. The Hall–Kier alpha value is -1.69. The standard InChI is InChI=1S/C17H11BrClNO2S/c18-12-5-1-10(2-6-12)16-14(9-15(21)22)23-17(20-16)11-3-7-13(19)8-4-11/h1-8H,9H2,(H,21,22)/p-1. The van der Waals surface area contributed by atoms with Gasteiger partial charge >= 0.3 is 0 Å². The minimum atomic E-state index is -1.12. The van der Waals surface area contributed by atoms with Gasteiger partial charge in [0.1, 0.15) is 5.01 Å². The van der Waals surface area contributed by atoms with Crippen LogP contribution in [0.2, 0.25) is 5.02 Å². The summed E-state index contributed by atoms with van der Waals surface area (Å²) in [7, 11) is 0. The van der Waals surface area contributed by atoms with Gasteiger partial charge in [-0.2, -0.15) is 0 Å². The first-order chi connectivity index (χ1) is 11.0. The van der Waals surface area contributed by atoms with E-state index in [0.29, 0.717) is 15.6 Å². The topological polar surface area (TPSA) is 53.0 Å². The summed E-state index contributed by atoms with van der Waals surface area (Å²) in [4.78, 5) is 16.3. The molecule has 0 unspecified atom stereocenters. The van der Waals surface area contributed by atoms with Crippen molar-refractivity contribution in [3.05, 3.63) is 62.9 Å². The van der Waals surface area contributed by atoms with Gasteiger partial charge in [-0.3, -0.25) is 0 Å². The van der Waals surface area contributed by atoms with Crippen LogP contribution in [0.3, 0.4) is 0 Å². The van der Waals surface area contributed by atoms with Crippen LogP contribution in [0.5, 0.6) is 0 Å². The molecule has 0 amide bonds. The maximum atomic E-state index is 11.0. The zero-order chi connectivity index (χ0) is 16.4. The third-order valence-corrected chi connectivity index (χ3v) is 5.10. The van der Waals surface area contributed by atoms with Crippen LogP contribution in [0.1, 0.15) is 4.88 Å². The second-order valence-corrected chi connectivity index (χ2v) is 7.29. The number of aliphatic carboxylic acids is 1. The van der Waals surface area contributed by atoms with E-state index in [1.165, 1.54) is 11.3 Å². The molecule has 1 heterocycles. The fraction of sp³-hybridized carbons (Fsp3) is 0.0588. The zero-order valence-corrected chi connectivity index (χ0v) is 14.9. The molecule has 0 aliphatic rings. The third-order valence-electron chi connectivity index (χ3n) is 3.21. The molecule has 6 heteroatoms. The normalized spacial score (nSPS) is 10.7. The van der Waals surface area contributed by atoms with Crippen molar-refractivity contribution in [1.82, 2.24) is 4.98 Å². The monoisotopic (exact) mass is 406 g/mol. The van der Waals surface area contributed by atoms with Crippen LogP contribution in [0.4, 0.5) is 0 Å². The Labute approximate surface area is 150 Å². The number of benzene rings is 2. The molecule has 0 N–H and O–H groups in total. The van der Waals surface area contributed by atoms with Crippen molar-refractivity contribution in [2.45, 2.75) is 6.42 Å². The lowest BCUT2D eigenvalue weighted by Crippen LogP contribution is -2.24. The molecule has 3 aromatic rings. The van der Waals surface area contributed by atoms with Gasteiger partial charge in [0.15, 0.2) is 0 Å². The van der Waals surface area contributed by atoms with Crippen LogP contribution < -0.4 is 5.11 Å². The lowest BCUT2D eigenvalue weighted by atomic mass is 10.1. The van der Waals surface area contributed by atoms with Gasteiger partial charge in [-0.15, -0.1) is 11.3 Å². The minimum Gasteiger partial charge on any atom is -0.550 e. The molecule has 0 radical (unpaired) electrons. The predicted octanol–water partition coefficient (Wildman–Crippen LogP) is 4.19.